The molecule has 1 N–H and O–H groups in total. The minimum Gasteiger partial charge on any atom is -0.393 e. The van der Waals surface area contributed by atoms with Crippen LogP contribution in [0.2, 0.25) is 0 Å². The van der Waals surface area contributed by atoms with Crippen molar-refractivity contribution in [2.75, 3.05) is 19.6 Å². The lowest BCUT2D eigenvalue weighted by Crippen LogP contribution is -2.65. The van der Waals surface area contributed by atoms with Crippen molar-refractivity contribution in [3.05, 3.63) is 0 Å². The van der Waals surface area contributed by atoms with Gasteiger partial charge in [-0.3, -0.25) is 9.69 Å². The third-order valence-corrected chi connectivity index (χ3v) is 5.90. The molecule has 4 saturated heterocycles. The molecule has 0 aromatic rings. The fraction of sp³-hybridized carbons (Fsp3) is 0.933. The number of fused-ring (bicyclic) bond motifs is 6. The lowest BCUT2D eigenvalue weighted by Gasteiger charge is -2.57. The average Bonchev–Trinajstić information content (AvgIpc) is 2.40. The van der Waals surface area contributed by atoms with Crippen LogP contribution in [0, 0.1) is 11.8 Å². The average molecular weight is 264 g/mol. The molecular formula is C15H24N2O2. The van der Waals surface area contributed by atoms with E-state index in [4.69, 9.17) is 0 Å². The predicted octanol–water partition coefficient (Wildman–Crippen LogP) is 0.843. The number of amides is 1. The van der Waals surface area contributed by atoms with Crippen molar-refractivity contribution >= 4 is 5.91 Å². The summed E-state index contributed by atoms with van der Waals surface area (Å²) in [6, 6.07) is 1.04. The topological polar surface area (TPSA) is 43.8 Å². The van der Waals surface area contributed by atoms with Gasteiger partial charge in [-0.2, -0.15) is 0 Å². The van der Waals surface area contributed by atoms with Crippen LogP contribution in [0.1, 0.15) is 38.5 Å². The maximum Gasteiger partial charge on any atom is 0.225 e. The molecular weight excluding hydrogens is 240 g/mol. The summed E-state index contributed by atoms with van der Waals surface area (Å²) in [4.78, 5) is 17.0. The quantitative estimate of drug-likeness (QED) is 0.705. The first-order chi connectivity index (χ1) is 9.22. The van der Waals surface area contributed by atoms with Gasteiger partial charge in [0, 0.05) is 25.2 Å². The van der Waals surface area contributed by atoms with Gasteiger partial charge in [-0.25, -0.2) is 0 Å². The Kier molecular flexibility index (Phi) is 2.85. The normalized spacial score (nSPS) is 46.7. The number of nitrogens with zero attached hydrogens (tertiary/aromatic N) is 2. The summed E-state index contributed by atoms with van der Waals surface area (Å²) in [7, 11) is 0. The molecule has 19 heavy (non-hydrogen) atoms. The summed E-state index contributed by atoms with van der Waals surface area (Å²) in [5.74, 6) is 1.49. The number of aliphatic hydroxyl groups is 1. The van der Waals surface area contributed by atoms with E-state index < -0.39 is 6.10 Å². The monoisotopic (exact) mass is 264 g/mol. The van der Waals surface area contributed by atoms with Crippen molar-refractivity contribution < 1.29 is 9.90 Å². The number of rotatable bonds is 0. The molecule has 4 heterocycles. The zero-order chi connectivity index (χ0) is 13.0. The molecule has 4 nitrogen and oxygen atoms in total. The zero-order valence-electron chi connectivity index (χ0n) is 11.5. The third kappa shape index (κ3) is 1.91. The van der Waals surface area contributed by atoms with Gasteiger partial charge < -0.3 is 10.0 Å². The Hall–Kier alpha value is -0.610. The van der Waals surface area contributed by atoms with Crippen LogP contribution in [0.25, 0.3) is 0 Å². The number of hydrogen-bond acceptors (Lipinski definition) is 3. The Bertz CT molecular complexity index is 386. The van der Waals surface area contributed by atoms with Gasteiger partial charge in [0.15, 0.2) is 0 Å². The van der Waals surface area contributed by atoms with E-state index >= 15 is 0 Å². The molecule has 106 valence electrons. The largest absolute Gasteiger partial charge is 0.393 e. The Morgan fingerprint density at radius 1 is 1.05 bits per heavy atom. The van der Waals surface area contributed by atoms with Crippen molar-refractivity contribution in [2.45, 2.75) is 56.7 Å². The first-order valence-corrected chi connectivity index (χ1v) is 7.94. The molecule has 0 unspecified atom stereocenters. The van der Waals surface area contributed by atoms with Gasteiger partial charge in [-0.05, 0) is 44.1 Å². The first-order valence-electron chi connectivity index (χ1n) is 7.94. The highest BCUT2D eigenvalue weighted by molar-refractivity contribution is 5.78. The molecule has 0 aliphatic carbocycles. The molecule has 5 atom stereocenters. The fourth-order valence-electron chi connectivity index (χ4n) is 5.10. The van der Waals surface area contributed by atoms with Crippen molar-refractivity contribution in [1.29, 1.82) is 0 Å². The third-order valence-electron chi connectivity index (χ3n) is 5.90. The summed E-state index contributed by atoms with van der Waals surface area (Å²) in [6.45, 7) is 3.36. The molecule has 4 aliphatic heterocycles. The molecule has 1 amide bonds. The van der Waals surface area contributed by atoms with Gasteiger partial charge in [-0.1, -0.05) is 6.42 Å². The van der Waals surface area contributed by atoms with E-state index in [1.807, 2.05) is 0 Å². The van der Waals surface area contributed by atoms with E-state index in [-0.39, 0.29) is 5.91 Å². The molecule has 0 spiro atoms. The van der Waals surface area contributed by atoms with E-state index in [2.05, 4.69) is 9.80 Å². The Morgan fingerprint density at radius 3 is 2.79 bits per heavy atom. The second-order valence-electron chi connectivity index (χ2n) is 7.02. The first kappa shape index (κ1) is 12.2. The van der Waals surface area contributed by atoms with Gasteiger partial charge >= 0.3 is 0 Å². The van der Waals surface area contributed by atoms with Crippen LogP contribution in [0.5, 0.6) is 0 Å². The second-order valence-corrected chi connectivity index (χ2v) is 7.02. The van der Waals surface area contributed by atoms with Crippen molar-refractivity contribution in [3.63, 3.8) is 0 Å². The van der Waals surface area contributed by atoms with Crippen molar-refractivity contribution in [1.82, 2.24) is 9.80 Å². The number of aliphatic hydroxyl groups excluding tert-OH is 1. The van der Waals surface area contributed by atoms with Gasteiger partial charge in [0.05, 0.1) is 12.5 Å². The minimum absolute atomic E-state index is 0.197. The molecule has 0 aromatic carbocycles. The number of hydrogen-bond donors (Lipinski definition) is 1. The van der Waals surface area contributed by atoms with Gasteiger partial charge in [-0.15, -0.1) is 0 Å². The second kappa shape index (κ2) is 4.45. The molecule has 4 aliphatic rings. The fourth-order valence-corrected chi connectivity index (χ4v) is 5.10. The molecule has 4 rings (SSSR count). The molecule has 4 heteroatoms. The van der Waals surface area contributed by atoms with E-state index in [9.17, 15) is 9.90 Å². The maximum absolute atomic E-state index is 12.2. The van der Waals surface area contributed by atoms with Crippen LogP contribution < -0.4 is 0 Å². The van der Waals surface area contributed by atoms with E-state index in [1.165, 1.54) is 32.2 Å². The van der Waals surface area contributed by atoms with Gasteiger partial charge in [0.25, 0.3) is 0 Å². The van der Waals surface area contributed by atoms with Crippen LogP contribution >= 0.6 is 0 Å². The smallest absolute Gasteiger partial charge is 0.225 e. The summed E-state index contributed by atoms with van der Waals surface area (Å²) in [5, 5.41) is 9.89. The van der Waals surface area contributed by atoms with Crippen LogP contribution in [0.4, 0.5) is 0 Å². The highest BCUT2D eigenvalue weighted by atomic mass is 16.3. The molecule has 0 radical (unpaired) electrons. The molecule has 0 aromatic heterocycles. The Balaban J connectivity index is 1.59. The van der Waals surface area contributed by atoms with E-state index in [0.717, 1.165) is 25.6 Å². The van der Waals surface area contributed by atoms with Gasteiger partial charge in [0.2, 0.25) is 5.91 Å². The maximum atomic E-state index is 12.2. The highest BCUT2D eigenvalue weighted by Crippen LogP contribution is 2.42. The van der Waals surface area contributed by atoms with Crippen LogP contribution in [0.15, 0.2) is 0 Å². The van der Waals surface area contributed by atoms with E-state index in [1.54, 1.807) is 0 Å². The van der Waals surface area contributed by atoms with Gasteiger partial charge in [0.1, 0.15) is 0 Å². The molecule has 2 bridgehead atoms. The lowest BCUT2D eigenvalue weighted by atomic mass is 9.70. The van der Waals surface area contributed by atoms with Crippen LogP contribution in [-0.4, -0.2) is 58.6 Å². The summed E-state index contributed by atoms with van der Waals surface area (Å²) in [5.41, 5.74) is 0. The Labute approximate surface area is 114 Å². The summed E-state index contributed by atoms with van der Waals surface area (Å²) < 4.78 is 0. The predicted molar refractivity (Wildman–Crippen MR) is 71.6 cm³/mol. The van der Waals surface area contributed by atoms with Crippen LogP contribution in [0.3, 0.4) is 0 Å². The summed E-state index contributed by atoms with van der Waals surface area (Å²) >= 11 is 0. The van der Waals surface area contributed by atoms with Crippen LogP contribution in [-0.2, 0) is 4.79 Å². The Morgan fingerprint density at radius 2 is 1.89 bits per heavy atom. The number of carbonyl (C=O) groups excluding carboxylic acids is 1. The zero-order valence-corrected chi connectivity index (χ0v) is 11.5. The lowest BCUT2D eigenvalue weighted by molar-refractivity contribution is -0.154. The highest BCUT2D eigenvalue weighted by Gasteiger charge is 2.49. The molecule has 0 saturated carbocycles. The van der Waals surface area contributed by atoms with Crippen molar-refractivity contribution in [2.24, 2.45) is 11.8 Å². The minimum atomic E-state index is -0.399. The van der Waals surface area contributed by atoms with Crippen molar-refractivity contribution in [3.8, 4) is 0 Å². The molecule has 4 fully saturated rings. The number of piperidine rings is 4. The standard InChI is InChI=1S/C15H24N2O2/c18-12-6-14-10-5-11(9-17(14)15(19)7-12)13-3-1-2-4-16(13)8-10/h10-14,18H,1-9H2/t10-,11+,12+,13+,14-/m1/s1. The SMILES string of the molecule is O=C1C[C@@H](O)C[C@@H]2[C@@H]3C[C@@H](CN12)[C@@H]1CCCCN1C3. The van der Waals surface area contributed by atoms with E-state index in [0.29, 0.717) is 24.3 Å². The summed E-state index contributed by atoms with van der Waals surface area (Å²) in [6.07, 6.45) is 6.06. The number of carbonyl (C=O) groups is 1.